The molecular weight excluding hydrogens is 805 g/mol. The number of nitrogens with one attached hydrogen (secondary N) is 2. The second-order valence-corrected chi connectivity index (χ2v) is 15.0. The smallest absolute Gasteiger partial charge is 0.336 e. The van der Waals surface area contributed by atoms with Crippen LogP contribution in [-0.2, 0) is 10.8 Å². The monoisotopic (exact) mass is 838 g/mol. The molecule has 1 saturated carbocycles. The van der Waals surface area contributed by atoms with Crippen LogP contribution in [0.4, 0.5) is 28.9 Å². The number of carboxylic acid groups (broad SMARTS) is 2. The average molecular weight is 839 g/mol. The van der Waals surface area contributed by atoms with Crippen LogP contribution in [0.15, 0.2) is 126 Å². The Bertz CT molecular complexity index is 2620. The first-order valence-corrected chi connectivity index (χ1v) is 19.6. The second kappa shape index (κ2) is 18.6. The summed E-state index contributed by atoms with van der Waals surface area (Å²) in [4.78, 5) is 47.9. The molecule has 6 aromatic rings. The zero-order chi connectivity index (χ0) is 43.1. The first kappa shape index (κ1) is 42.5. The van der Waals surface area contributed by atoms with Gasteiger partial charge in [0, 0.05) is 10.6 Å². The Kier molecular flexibility index (Phi) is 13.2. The van der Waals surface area contributed by atoms with Crippen LogP contribution in [0.1, 0.15) is 61.2 Å². The first-order valence-electron chi connectivity index (χ1n) is 18.2. The molecule has 0 saturated heterocycles. The lowest BCUT2D eigenvalue weighted by Gasteiger charge is -2.12. The van der Waals surface area contributed by atoms with Gasteiger partial charge in [0.05, 0.1) is 39.2 Å². The van der Waals surface area contributed by atoms with Gasteiger partial charge in [0.25, 0.3) is 11.8 Å². The van der Waals surface area contributed by atoms with Gasteiger partial charge in [-0.1, -0.05) is 55.5 Å². The number of carbonyl (C=O) groups excluding carboxylic acids is 2. The van der Waals surface area contributed by atoms with E-state index in [1.807, 2.05) is 0 Å². The fourth-order valence-corrected chi connectivity index (χ4v) is 6.75. The fraction of sp³-hybridized carbons (Fsp3) is 0.111. The number of benzene rings is 6. The summed E-state index contributed by atoms with van der Waals surface area (Å²) in [6.45, 7) is 1.77. The maximum absolute atomic E-state index is 14.7. The van der Waals surface area contributed by atoms with Crippen LogP contribution in [0, 0.1) is 23.3 Å². The van der Waals surface area contributed by atoms with Gasteiger partial charge in [0.15, 0.2) is 0 Å². The van der Waals surface area contributed by atoms with E-state index in [9.17, 15) is 51.2 Å². The summed E-state index contributed by atoms with van der Waals surface area (Å²) in [5.41, 5.74) is -0.750. The predicted molar refractivity (Wildman–Crippen MR) is 217 cm³/mol. The van der Waals surface area contributed by atoms with E-state index in [2.05, 4.69) is 10.6 Å². The third kappa shape index (κ3) is 10.1. The maximum atomic E-state index is 14.7. The summed E-state index contributed by atoms with van der Waals surface area (Å²) in [5.74, 6) is -7.46. The van der Waals surface area contributed by atoms with Crippen molar-refractivity contribution in [1.29, 1.82) is 0 Å². The molecule has 15 heteroatoms. The van der Waals surface area contributed by atoms with Crippen molar-refractivity contribution >= 4 is 45.9 Å². The number of ether oxygens (including phenoxy) is 1. The molecular formula is C45H34F4N2O8S. The summed E-state index contributed by atoms with van der Waals surface area (Å²) in [6.07, 6.45) is 2.18. The van der Waals surface area contributed by atoms with Crippen molar-refractivity contribution in [3.05, 3.63) is 167 Å². The van der Waals surface area contributed by atoms with Gasteiger partial charge in [0.2, 0.25) is 0 Å². The van der Waals surface area contributed by atoms with Crippen molar-refractivity contribution in [2.24, 2.45) is 0 Å². The van der Waals surface area contributed by atoms with Gasteiger partial charge < -0.3 is 25.6 Å². The van der Waals surface area contributed by atoms with E-state index in [1.54, 1.807) is 55.5 Å². The van der Waals surface area contributed by atoms with Crippen LogP contribution in [0.2, 0.25) is 0 Å². The molecule has 0 bridgehead atoms. The van der Waals surface area contributed by atoms with Crippen LogP contribution in [0.5, 0.6) is 5.75 Å². The van der Waals surface area contributed by atoms with Gasteiger partial charge in [-0.05, 0) is 108 Å². The van der Waals surface area contributed by atoms with Gasteiger partial charge >= 0.3 is 11.9 Å². The molecule has 0 aliphatic heterocycles. The van der Waals surface area contributed by atoms with E-state index >= 15 is 0 Å². The van der Waals surface area contributed by atoms with Gasteiger partial charge in [-0.2, -0.15) is 0 Å². The predicted octanol–water partition coefficient (Wildman–Crippen LogP) is 9.83. The standard InChI is InChI=1S/C23H17F2NO4.C22H17F2NO4S/c24-19-11-14(13-4-3-5-16(10-13)30-15-8-9-15)12-20(25)21(19)26-22(27)17-6-1-2-7-18(17)23(28)29;1-2-30(29)15-7-5-6-13(10-15)14-11-18(23)20(19(24)12-14)25-21(26)16-8-3-4-9-17(16)22(27)28/h1-7,10-12,15H,8-9H2,(H,26,27)(H,28,29);3-12H,2H2,1H3,(H,25,26)(H,27,28). The summed E-state index contributed by atoms with van der Waals surface area (Å²) >= 11 is 0. The minimum Gasteiger partial charge on any atom is -0.490 e. The first-order chi connectivity index (χ1) is 28.7. The molecule has 0 spiro atoms. The highest BCUT2D eigenvalue weighted by Crippen LogP contribution is 2.33. The van der Waals surface area contributed by atoms with Crippen LogP contribution in [0.25, 0.3) is 22.3 Å². The molecule has 1 unspecified atom stereocenters. The lowest BCUT2D eigenvalue weighted by Crippen LogP contribution is -2.18. The normalized spacial score (nSPS) is 12.3. The lowest BCUT2D eigenvalue weighted by molar-refractivity contribution is 0.0683. The van der Waals surface area contributed by atoms with Crippen molar-refractivity contribution in [2.45, 2.75) is 30.8 Å². The topological polar surface area (TPSA) is 159 Å². The summed E-state index contributed by atoms with van der Waals surface area (Å²) in [7, 11) is -1.22. The largest absolute Gasteiger partial charge is 0.490 e. The Morgan fingerprint density at radius 1 is 0.583 bits per heavy atom. The molecule has 1 fully saturated rings. The van der Waals surface area contributed by atoms with Gasteiger partial charge in [0.1, 0.15) is 40.4 Å². The molecule has 2 amide bonds. The van der Waals surface area contributed by atoms with E-state index in [-0.39, 0.29) is 39.5 Å². The molecule has 7 rings (SSSR count). The minimum atomic E-state index is -1.33. The summed E-state index contributed by atoms with van der Waals surface area (Å²) in [5, 5.41) is 22.6. The highest BCUT2D eigenvalue weighted by molar-refractivity contribution is 7.85. The van der Waals surface area contributed by atoms with Crippen LogP contribution in [0.3, 0.4) is 0 Å². The molecule has 0 radical (unpaired) electrons. The molecule has 306 valence electrons. The Hall–Kier alpha value is -7.13. The number of halogens is 4. The number of carboxylic acids is 2. The molecule has 10 nitrogen and oxygen atoms in total. The number of anilines is 2. The average Bonchev–Trinajstić information content (AvgIpc) is 4.07. The minimum absolute atomic E-state index is 0.194. The number of amides is 2. The molecule has 0 aromatic heterocycles. The Morgan fingerprint density at radius 2 is 1.00 bits per heavy atom. The van der Waals surface area contributed by atoms with Crippen molar-refractivity contribution in [1.82, 2.24) is 0 Å². The number of carbonyl (C=O) groups is 4. The number of rotatable bonds is 12. The van der Waals surface area contributed by atoms with E-state index in [1.165, 1.54) is 48.5 Å². The quantitative estimate of drug-likeness (QED) is 0.0887. The fourth-order valence-electron chi connectivity index (χ4n) is 5.93. The molecule has 1 aliphatic rings. The van der Waals surface area contributed by atoms with Crippen LogP contribution in [-0.4, -0.2) is 50.0 Å². The maximum Gasteiger partial charge on any atom is 0.336 e. The zero-order valence-corrected chi connectivity index (χ0v) is 32.3. The molecule has 6 aromatic carbocycles. The third-order valence-electron chi connectivity index (χ3n) is 9.05. The molecule has 60 heavy (non-hydrogen) atoms. The lowest BCUT2D eigenvalue weighted by atomic mass is 10.0. The van der Waals surface area contributed by atoms with Crippen molar-refractivity contribution in [2.75, 3.05) is 16.4 Å². The van der Waals surface area contributed by atoms with E-state index in [4.69, 9.17) is 4.74 Å². The van der Waals surface area contributed by atoms with Crippen LogP contribution < -0.4 is 15.4 Å². The second-order valence-electron chi connectivity index (χ2n) is 13.2. The van der Waals surface area contributed by atoms with E-state index < -0.39 is 69.2 Å². The van der Waals surface area contributed by atoms with Crippen LogP contribution >= 0.6 is 0 Å². The van der Waals surface area contributed by atoms with Gasteiger partial charge in [-0.25, -0.2) is 27.2 Å². The number of aromatic carboxylic acids is 2. The Morgan fingerprint density at radius 3 is 1.42 bits per heavy atom. The molecule has 4 N–H and O–H groups in total. The molecule has 0 heterocycles. The third-order valence-corrected chi connectivity index (χ3v) is 10.4. The highest BCUT2D eigenvalue weighted by atomic mass is 32.2. The number of hydrogen-bond donors (Lipinski definition) is 4. The summed E-state index contributed by atoms with van der Waals surface area (Å²) in [6, 6.07) is 28.6. The Balaban J connectivity index is 0.000000201. The van der Waals surface area contributed by atoms with Gasteiger partial charge in [-0.15, -0.1) is 0 Å². The molecule has 1 aliphatic carbocycles. The number of hydrogen-bond acceptors (Lipinski definition) is 6. The molecule has 1 atom stereocenters. The van der Waals surface area contributed by atoms with Crippen molar-refractivity contribution < 1.29 is 55.9 Å². The van der Waals surface area contributed by atoms with Crippen molar-refractivity contribution in [3.8, 4) is 28.0 Å². The van der Waals surface area contributed by atoms with Gasteiger partial charge in [-0.3, -0.25) is 13.8 Å². The summed E-state index contributed by atoms with van der Waals surface area (Å²) < 4.78 is 76.3. The Labute approximate surface area is 342 Å². The van der Waals surface area contributed by atoms with E-state index in [0.29, 0.717) is 27.5 Å². The van der Waals surface area contributed by atoms with Crippen molar-refractivity contribution in [3.63, 3.8) is 0 Å². The zero-order valence-electron chi connectivity index (χ0n) is 31.5. The SMILES string of the molecule is CCS(=O)c1cccc(-c2cc(F)c(NC(=O)c3ccccc3C(=O)O)c(F)c2)c1.O=C(O)c1ccccc1C(=O)Nc1c(F)cc(-c2cccc(OC3CC3)c2)cc1F. The highest BCUT2D eigenvalue weighted by Gasteiger charge is 2.24. The van der Waals surface area contributed by atoms with E-state index in [0.717, 1.165) is 37.1 Å².